The molecule has 0 aromatic carbocycles. The standard InChI is InChI=1S/C11H21N5O3/c1-4-5-19-11-15-9(12-2)14-10(16-11)13-8(6-17)7-18-3/h8,17H,4-7H2,1-3H3,(H2,12,13,14,15,16). The summed E-state index contributed by atoms with van der Waals surface area (Å²) in [6, 6.07) is -0.0334. The fraction of sp³-hybridized carbons (Fsp3) is 0.727. The Labute approximate surface area is 112 Å². The molecule has 1 atom stereocenters. The second-order valence-electron chi connectivity index (χ2n) is 3.84. The van der Waals surface area contributed by atoms with E-state index in [4.69, 9.17) is 9.47 Å². The third kappa shape index (κ3) is 5.23. The van der Waals surface area contributed by atoms with Crippen molar-refractivity contribution in [1.82, 2.24) is 15.0 Å². The van der Waals surface area contributed by atoms with Crippen LogP contribution in [-0.2, 0) is 4.74 Å². The number of nitrogens with one attached hydrogen (secondary N) is 2. The zero-order valence-corrected chi connectivity index (χ0v) is 11.5. The Kier molecular flexibility index (Phi) is 6.83. The molecule has 1 aromatic heterocycles. The van der Waals surface area contributed by atoms with E-state index in [-0.39, 0.29) is 18.7 Å². The first kappa shape index (κ1) is 15.4. The molecule has 19 heavy (non-hydrogen) atoms. The molecule has 0 aliphatic rings. The Morgan fingerprint density at radius 3 is 2.58 bits per heavy atom. The van der Waals surface area contributed by atoms with Gasteiger partial charge in [-0.25, -0.2) is 0 Å². The molecule has 3 N–H and O–H groups in total. The predicted octanol–water partition coefficient (Wildman–Crippen LogP) is 0.121. The summed E-state index contributed by atoms with van der Waals surface area (Å²) >= 11 is 0. The molecule has 1 heterocycles. The molecule has 0 amide bonds. The topological polar surface area (TPSA) is 101 Å². The first-order valence-corrected chi connectivity index (χ1v) is 6.16. The maximum Gasteiger partial charge on any atom is 0.323 e. The molecule has 8 nitrogen and oxygen atoms in total. The molecule has 1 aromatic rings. The third-order valence-electron chi connectivity index (χ3n) is 2.20. The Bertz CT molecular complexity index is 377. The van der Waals surface area contributed by atoms with Crippen LogP contribution in [0.5, 0.6) is 6.01 Å². The summed E-state index contributed by atoms with van der Waals surface area (Å²) in [5, 5.41) is 15.0. The number of hydrogen-bond acceptors (Lipinski definition) is 8. The number of hydrogen-bond donors (Lipinski definition) is 3. The molecule has 1 unspecified atom stereocenters. The molecule has 0 fully saturated rings. The van der Waals surface area contributed by atoms with Gasteiger partial charge in [-0.3, -0.25) is 0 Å². The number of ether oxygens (including phenoxy) is 2. The quantitative estimate of drug-likeness (QED) is 0.582. The molecular formula is C11H21N5O3. The van der Waals surface area contributed by atoms with Crippen LogP contribution in [0.1, 0.15) is 13.3 Å². The smallest absolute Gasteiger partial charge is 0.323 e. The second kappa shape index (κ2) is 8.44. The van der Waals surface area contributed by atoms with Crippen LogP contribution < -0.4 is 15.4 Å². The summed E-state index contributed by atoms with van der Waals surface area (Å²) < 4.78 is 10.4. The van der Waals surface area contributed by atoms with Crippen molar-refractivity contribution in [3.63, 3.8) is 0 Å². The van der Waals surface area contributed by atoms with Crippen molar-refractivity contribution in [2.45, 2.75) is 19.4 Å². The van der Waals surface area contributed by atoms with Gasteiger partial charge < -0.3 is 25.2 Å². The van der Waals surface area contributed by atoms with E-state index in [9.17, 15) is 5.11 Å². The normalized spacial score (nSPS) is 12.0. The van der Waals surface area contributed by atoms with Crippen LogP contribution in [-0.4, -0.2) is 60.1 Å². The molecule has 0 aliphatic carbocycles. The summed E-state index contributed by atoms with van der Waals surface area (Å²) in [4.78, 5) is 12.3. The van der Waals surface area contributed by atoms with Crippen molar-refractivity contribution >= 4 is 11.9 Å². The van der Waals surface area contributed by atoms with Crippen LogP contribution in [0.4, 0.5) is 11.9 Å². The highest BCUT2D eigenvalue weighted by atomic mass is 16.5. The first-order chi connectivity index (χ1) is 9.23. The number of anilines is 2. The highest BCUT2D eigenvalue weighted by Gasteiger charge is 2.11. The Morgan fingerprint density at radius 2 is 2.00 bits per heavy atom. The lowest BCUT2D eigenvalue weighted by Gasteiger charge is -2.15. The van der Waals surface area contributed by atoms with Gasteiger partial charge in [0, 0.05) is 14.2 Å². The molecule has 0 aliphatic heterocycles. The number of aliphatic hydroxyl groups is 1. The van der Waals surface area contributed by atoms with Gasteiger partial charge in [0.15, 0.2) is 0 Å². The van der Waals surface area contributed by atoms with Crippen LogP contribution in [0.15, 0.2) is 0 Å². The van der Waals surface area contributed by atoms with E-state index in [0.29, 0.717) is 25.1 Å². The lowest BCUT2D eigenvalue weighted by Crippen LogP contribution is -2.30. The Hall–Kier alpha value is -1.67. The van der Waals surface area contributed by atoms with Gasteiger partial charge in [-0.1, -0.05) is 6.92 Å². The average Bonchev–Trinajstić information content (AvgIpc) is 2.44. The minimum Gasteiger partial charge on any atom is -0.463 e. The molecule has 1 rings (SSSR count). The van der Waals surface area contributed by atoms with Gasteiger partial charge in [0.05, 0.1) is 25.9 Å². The SMILES string of the molecule is CCCOc1nc(NC)nc(NC(CO)COC)n1. The first-order valence-electron chi connectivity index (χ1n) is 6.16. The van der Waals surface area contributed by atoms with E-state index in [0.717, 1.165) is 6.42 Å². The van der Waals surface area contributed by atoms with Crippen LogP contribution in [0, 0.1) is 0 Å². The van der Waals surface area contributed by atoms with Gasteiger partial charge in [0.25, 0.3) is 0 Å². The van der Waals surface area contributed by atoms with Crippen LogP contribution in [0.25, 0.3) is 0 Å². The molecule has 0 saturated heterocycles. The summed E-state index contributed by atoms with van der Waals surface area (Å²) in [6.07, 6.45) is 0.867. The van der Waals surface area contributed by atoms with E-state index in [1.54, 1.807) is 14.2 Å². The minimum atomic E-state index is -0.281. The third-order valence-corrected chi connectivity index (χ3v) is 2.20. The monoisotopic (exact) mass is 271 g/mol. The Balaban J connectivity index is 2.80. The number of aromatic nitrogens is 3. The van der Waals surface area contributed by atoms with Crippen molar-refractivity contribution < 1.29 is 14.6 Å². The average molecular weight is 271 g/mol. The minimum absolute atomic E-state index is 0.0838. The van der Waals surface area contributed by atoms with E-state index in [2.05, 4.69) is 25.6 Å². The molecule has 0 radical (unpaired) electrons. The number of methoxy groups -OCH3 is 1. The summed E-state index contributed by atoms with van der Waals surface area (Å²) in [6.45, 7) is 2.80. The summed E-state index contributed by atoms with van der Waals surface area (Å²) in [7, 11) is 3.27. The number of rotatable bonds is 9. The van der Waals surface area contributed by atoms with Gasteiger partial charge in [-0.2, -0.15) is 15.0 Å². The van der Waals surface area contributed by atoms with Crippen LogP contribution >= 0.6 is 0 Å². The van der Waals surface area contributed by atoms with Crippen LogP contribution in [0.3, 0.4) is 0 Å². The lowest BCUT2D eigenvalue weighted by atomic mass is 10.3. The van der Waals surface area contributed by atoms with Crippen molar-refractivity contribution in [2.75, 3.05) is 44.6 Å². The lowest BCUT2D eigenvalue weighted by molar-refractivity contribution is 0.153. The number of aliphatic hydroxyl groups excluding tert-OH is 1. The van der Waals surface area contributed by atoms with E-state index < -0.39 is 0 Å². The van der Waals surface area contributed by atoms with Gasteiger partial charge in [-0.15, -0.1) is 0 Å². The highest BCUT2D eigenvalue weighted by Crippen LogP contribution is 2.11. The maximum atomic E-state index is 9.20. The van der Waals surface area contributed by atoms with E-state index >= 15 is 0 Å². The maximum absolute atomic E-state index is 9.20. The fourth-order valence-corrected chi connectivity index (χ4v) is 1.31. The molecule has 0 bridgehead atoms. The van der Waals surface area contributed by atoms with E-state index in [1.807, 2.05) is 6.92 Å². The number of nitrogens with zero attached hydrogens (tertiary/aromatic N) is 3. The Morgan fingerprint density at radius 1 is 1.26 bits per heavy atom. The van der Waals surface area contributed by atoms with Crippen molar-refractivity contribution in [2.24, 2.45) is 0 Å². The zero-order valence-electron chi connectivity index (χ0n) is 11.5. The van der Waals surface area contributed by atoms with Gasteiger partial charge in [0.2, 0.25) is 11.9 Å². The van der Waals surface area contributed by atoms with Gasteiger partial charge in [0.1, 0.15) is 0 Å². The van der Waals surface area contributed by atoms with Gasteiger partial charge >= 0.3 is 6.01 Å². The van der Waals surface area contributed by atoms with Crippen LogP contribution in [0.2, 0.25) is 0 Å². The fourth-order valence-electron chi connectivity index (χ4n) is 1.31. The second-order valence-corrected chi connectivity index (χ2v) is 3.84. The summed E-state index contributed by atoms with van der Waals surface area (Å²) in [5.41, 5.74) is 0. The van der Waals surface area contributed by atoms with Crippen molar-refractivity contribution in [3.05, 3.63) is 0 Å². The molecular weight excluding hydrogens is 250 g/mol. The largest absolute Gasteiger partial charge is 0.463 e. The molecule has 0 saturated carbocycles. The summed E-state index contributed by atoms with van der Waals surface area (Å²) in [5.74, 6) is 0.735. The van der Waals surface area contributed by atoms with Crippen molar-refractivity contribution in [3.8, 4) is 6.01 Å². The predicted molar refractivity (Wildman–Crippen MR) is 71.5 cm³/mol. The van der Waals surface area contributed by atoms with Gasteiger partial charge in [-0.05, 0) is 6.42 Å². The highest BCUT2D eigenvalue weighted by molar-refractivity contribution is 5.36. The van der Waals surface area contributed by atoms with E-state index in [1.165, 1.54) is 0 Å². The zero-order chi connectivity index (χ0) is 14.1. The van der Waals surface area contributed by atoms with Crippen molar-refractivity contribution in [1.29, 1.82) is 0 Å². The molecule has 108 valence electrons. The molecule has 8 heteroatoms. The molecule has 0 spiro atoms.